The molecule has 3 aromatic rings. The molecule has 1 heterocycles. The predicted molar refractivity (Wildman–Crippen MR) is 112 cm³/mol. The number of carbonyl (C=O) groups is 1. The molecule has 0 fully saturated rings. The fourth-order valence-corrected chi connectivity index (χ4v) is 2.73. The molecule has 2 aromatic carbocycles. The number of ether oxygens (including phenoxy) is 2. The monoisotopic (exact) mass is 406 g/mol. The van der Waals surface area contributed by atoms with Gasteiger partial charge in [-0.05, 0) is 42.3 Å². The van der Waals surface area contributed by atoms with E-state index in [2.05, 4.69) is 15.5 Å². The summed E-state index contributed by atoms with van der Waals surface area (Å²) in [5.74, 6) is 1.27. The van der Waals surface area contributed by atoms with Crippen LogP contribution in [0.15, 0.2) is 72.1 Å². The van der Waals surface area contributed by atoms with E-state index in [0.717, 1.165) is 21.7 Å². The van der Waals surface area contributed by atoms with Gasteiger partial charge in [-0.15, -0.1) is 0 Å². The molecule has 0 bridgehead atoms. The minimum absolute atomic E-state index is 0.288. The number of nitrogens with one attached hydrogen (secondary N) is 1. The Kier molecular flexibility index (Phi) is 6.94. The molecule has 0 spiro atoms. The quantitative estimate of drug-likeness (QED) is 0.443. The van der Waals surface area contributed by atoms with Gasteiger partial charge in [0.25, 0.3) is 0 Å². The maximum Gasteiger partial charge on any atom is 0.433 e. The fourth-order valence-electron chi connectivity index (χ4n) is 2.73. The Balaban J connectivity index is 1.67. The molecule has 0 aliphatic carbocycles. The van der Waals surface area contributed by atoms with E-state index in [4.69, 9.17) is 15.0 Å². The summed E-state index contributed by atoms with van der Waals surface area (Å²) in [5.41, 5.74) is 8.62. The van der Waals surface area contributed by atoms with Crippen molar-refractivity contribution in [2.24, 2.45) is 5.22 Å². The van der Waals surface area contributed by atoms with Gasteiger partial charge in [-0.3, -0.25) is 5.32 Å². The summed E-state index contributed by atoms with van der Waals surface area (Å²) in [4.78, 5) is 16.2. The zero-order valence-corrected chi connectivity index (χ0v) is 16.9. The van der Waals surface area contributed by atoms with Crippen LogP contribution in [-0.2, 0) is 13.2 Å². The van der Waals surface area contributed by atoms with E-state index in [1.807, 2.05) is 67.6 Å². The lowest BCUT2D eigenvalue weighted by Crippen LogP contribution is -2.37. The number of aryl methyl sites for hydroxylation is 1. The first kappa shape index (κ1) is 20.8. The second kappa shape index (κ2) is 10.0. The first-order valence-electron chi connectivity index (χ1n) is 9.36. The lowest BCUT2D eigenvalue weighted by atomic mass is 10.1. The van der Waals surface area contributed by atoms with Crippen LogP contribution in [0.5, 0.6) is 11.6 Å². The molecule has 30 heavy (non-hydrogen) atoms. The number of urea groups is 1. The number of nitrogens with two attached hydrogens (primary N) is 1. The molecule has 0 unspecified atom stereocenters. The second-order valence-corrected chi connectivity index (χ2v) is 6.56. The first-order valence-corrected chi connectivity index (χ1v) is 9.36. The smallest absolute Gasteiger partial charge is 0.433 e. The Morgan fingerprint density at radius 3 is 2.70 bits per heavy atom. The molecule has 8 nitrogen and oxygen atoms in total. The Labute approximate surface area is 174 Å². The Bertz CT molecular complexity index is 1010. The van der Waals surface area contributed by atoms with Crippen LogP contribution in [-0.4, -0.2) is 23.1 Å². The van der Waals surface area contributed by atoms with Crippen molar-refractivity contribution in [3.63, 3.8) is 0 Å². The molecule has 2 amide bonds. The van der Waals surface area contributed by atoms with E-state index in [1.54, 1.807) is 6.20 Å². The molecule has 0 radical (unpaired) electrons. The number of anilines is 1. The van der Waals surface area contributed by atoms with Crippen molar-refractivity contribution in [1.29, 1.82) is 0 Å². The molecule has 0 aliphatic heterocycles. The number of rotatable bonds is 8. The Morgan fingerprint density at radius 1 is 1.10 bits per heavy atom. The highest BCUT2D eigenvalue weighted by Crippen LogP contribution is 2.23. The zero-order valence-electron chi connectivity index (χ0n) is 16.9. The lowest BCUT2D eigenvalue weighted by Gasteiger charge is -2.15. The maximum absolute atomic E-state index is 12.1. The van der Waals surface area contributed by atoms with Gasteiger partial charge in [-0.2, -0.15) is 5.53 Å². The second-order valence-electron chi connectivity index (χ2n) is 6.56. The van der Waals surface area contributed by atoms with E-state index in [1.165, 1.54) is 7.05 Å². The van der Waals surface area contributed by atoms with Crippen LogP contribution in [0.2, 0.25) is 0 Å². The highest BCUT2D eigenvalue weighted by molar-refractivity contribution is 5.89. The average Bonchev–Trinajstić information content (AvgIpc) is 2.77. The SMILES string of the molecule is Cc1cccc(NC(=O)N(C)N=[NH2+])c1COc1cccc(COc2ccccn2)c1. The number of benzene rings is 2. The van der Waals surface area contributed by atoms with Crippen LogP contribution < -0.4 is 20.3 Å². The van der Waals surface area contributed by atoms with Crippen LogP contribution in [0, 0.1) is 6.92 Å². The summed E-state index contributed by atoms with van der Waals surface area (Å²) < 4.78 is 11.7. The van der Waals surface area contributed by atoms with E-state index in [9.17, 15) is 4.79 Å². The number of aromatic nitrogens is 1. The summed E-state index contributed by atoms with van der Waals surface area (Å²) in [6.45, 7) is 2.63. The number of carbonyl (C=O) groups excluding carboxylic acids is 1. The number of pyridine rings is 1. The van der Waals surface area contributed by atoms with Gasteiger partial charge in [0.05, 0.1) is 10.9 Å². The van der Waals surface area contributed by atoms with Gasteiger partial charge >= 0.3 is 6.03 Å². The molecule has 0 aliphatic rings. The van der Waals surface area contributed by atoms with Crippen LogP contribution in [0.25, 0.3) is 0 Å². The largest absolute Gasteiger partial charge is 0.489 e. The Hall–Kier alpha value is -3.94. The molecule has 3 rings (SSSR count). The molecular weight excluding hydrogens is 382 g/mol. The number of amides is 2. The highest BCUT2D eigenvalue weighted by Gasteiger charge is 2.17. The zero-order chi connectivity index (χ0) is 21.3. The van der Waals surface area contributed by atoms with Gasteiger partial charge in [-0.25, -0.2) is 9.78 Å². The normalized spacial score (nSPS) is 10.2. The minimum Gasteiger partial charge on any atom is -0.489 e. The van der Waals surface area contributed by atoms with Crippen molar-refractivity contribution in [2.75, 3.05) is 12.4 Å². The van der Waals surface area contributed by atoms with Crippen LogP contribution in [0.4, 0.5) is 10.5 Å². The summed E-state index contributed by atoms with van der Waals surface area (Å²) in [6, 6.07) is 18.4. The third kappa shape index (κ3) is 5.54. The maximum atomic E-state index is 12.1. The summed E-state index contributed by atoms with van der Waals surface area (Å²) in [6.07, 6.45) is 1.69. The molecule has 8 heteroatoms. The van der Waals surface area contributed by atoms with Gasteiger partial charge in [0.1, 0.15) is 26.0 Å². The third-order valence-corrected chi connectivity index (χ3v) is 4.43. The van der Waals surface area contributed by atoms with Gasteiger partial charge in [0, 0.05) is 17.8 Å². The predicted octanol–water partition coefficient (Wildman–Crippen LogP) is 3.14. The lowest BCUT2D eigenvalue weighted by molar-refractivity contribution is -0.248. The fraction of sp³-hybridized carbons (Fsp3) is 0.182. The molecular formula is C22H24N5O3+. The van der Waals surface area contributed by atoms with Crippen LogP contribution in [0.1, 0.15) is 16.7 Å². The van der Waals surface area contributed by atoms with Crippen molar-refractivity contribution in [2.45, 2.75) is 20.1 Å². The van der Waals surface area contributed by atoms with E-state index >= 15 is 0 Å². The van der Waals surface area contributed by atoms with Crippen molar-refractivity contribution < 1.29 is 19.8 Å². The van der Waals surface area contributed by atoms with Gasteiger partial charge in [-0.1, -0.05) is 35.3 Å². The molecule has 0 saturated heterocycles. The van der Waals surface area contributed by atoms with Crippen molar-refractivity contribution in [3.05, 3.63) is 83.6 Å². The van der Waals surface area contributed by atoms with Crippen molar-refractivity contribution in [1.82, 2.24) is 9.99 Å². The Morgan fingerprint density at radius 2 is 1.93 bits per heavy atom. The molecule has 1 aromatic heterocycles. The molecule has 3 N–H and O–H groups in total. The summed E-state index contributed by atoms with van der Waals surface area (Å²) in [7, 11) is 1.47. The number of hydrogen-bond acceptors (Lipinski definition) is 5. The van der Waals surface area contributed by atoms with Gasteiger partial charge < -0.3 is 9.47 Å². The van der Waals surface area contributed by atoms with Crippen LogP contribution >= 0.6 is 0 Å². The summed E-state index contributed by atoms with van der Waals surface area (Å²) >= 11 is 0. The van der Waals surface area contributed by atoms with Crippen molar-refractivity contribution >= 4 is 11.7 Å². The minimum atomic E-state index is -0.432. The summed E-state index contributed by atoms with van der Waals surface area (Å²) in [5, 5.41) is 7.17. The van der Waals surface area contributed by atoms with Gasteiger partial charge in [0.15, 0.2) is 0 Å². The molecule has 0 saturated carbocycles. The van der Waals surface area contributed by atoms with Gasteiger partial charge in [0.2, 0.25) is 5.88 Å². The van der Waals surface area contributed by atoms with Crippen LogP contribution in [0.3, 0.4) is 0 Å². The highest BCUT2D eigenvalue weighted by atomic mass is 16.5. The molecule has 154 valence electrons. The number of hydrogen-bond donors (Lipinski definition) is 2. The van der Waals surface area contributed by atoms with E-state index in [0.29, 0.717) is 23.9 Å². The average molecular weight is 406 g/mol. The standard InChI is InChI=1S/C22H23N5O3/c1-16-7-5-10-20(25-22(28)27(2)26-23)19(16)15-29-18-9-6-8-17(13-18)14-30-21-11-3-4-12-24-21/h3-13,23H,14-15H2,1-2H3,(H,25,28)/p+1. The topological polar surface area (TPSA) is 102 Å². The number of nitrogens with zero attached hydrogens (tertiary/aromatic N) is 3. The van der Waals surface area contributed by atoms with E-state index < -0.39 is 6.03 Å². The van der Waals surface area contributed by atoms with Crippen molar-refractivity contribution in [3.8, 4) is 11.6 Å². The first-order chi connectivity index (χ1) is 14.6. The third-order valence-electron chi connectivity index (χ3n) is 4.43. The molecule has 0 atom stereocenters. The van der Waals surface area contributed by atoms with E-state index in [-0.39, 0.29) is 6.61 Å².